The smallest absolute Gasteiger partial charge is 0.337 e. The Balaban J connectivity index is 2.53. The van der Waals surface area contributed by atoms with Crippen LogP contribution in [-0.4, -0.2) is 32.8 Å². The van der Waals surface area contributed by atoms with Gasteiger partial charge in [0.2, 0.25) is 10.0 Å². The van der Waals surface area contributed by atoms with Crippen molar-refractivity contribution in [3.63, 3.8) is 0 Å². The summed E-state index contributed by atoms with van der Waals surface area (Å²) >= 11 is 0. The molecule has 1 atom stereocenters. The molecule has 0 spiro atoms. The summed E-state index contributed by atoms with van der Waals surface area (Å²) in [5.41, 5.74) is 0.778. The topological polar surface area (TPSA) is 63.7 Å². The molecule has 0 N–H and O–H groups in total. The number of hydrogen-bond donors (Lipinski definition) is 0. The van der Waals surface area contributed by atoms with E-state index in [1.807, 2.05) is 44.2 Å². The molecule has 0 aliphatic rings. The van der Waals surface area contributed by atoms with Crippen LogP contribution in [0, 0.1) is 11.7 Å². The molecule has 2 aromatic rings. The van der Waals surface area contributed by atoms with E-state index in [0.29, 0.717) is 0 Å². The Bertz CT molecular complexity index is 882. The highest BCUT2D eigenvalue weighted by molar-refractivity contribution is 7.89. The number of esters is 1. The molecular formula is C19H22FNO4S. The highest BCUT2D eigenvalue weighted by Crippen LogP contribution is 2.33. The summed E-state index contributed by atoms with van der Waals surface area (Å²) in [5, 5.41) is 0. The lowest BCUT2D eigenvalue weighted by atomic mass is 9.96. The van der Waals surface area contributed by atoms with Gasteiger partial charge in [0.25, 0.3) is 0 Å². The number of rotatable bonds is 6. The fourth-order valence-corrected chi connectivity index (χ4v) is 4.48. The molecule has 0 aromatic heterocycles. The van der Waals surface area contributed by atoms with Crippen LogP contribution in [0.25, 0.3) is 0 Å². The van der Waals surface area contributed by atoms with Gasteiger partial charge in [-0.3, -0.25) is 0 Å². The van der Waals surface area contributed by atoms with Gasteiger partial charge in [0.1, 0.15) is 10.7 Å². The maximum Gasteiger partial charge on any atom is 0.337 e. The molecule has 0 saturated carbocycles. The number of hydrogen-bond acceptors (Lipinski definition) is 4. The van der Waals surface area contributed by atoms with Crippen LogP contribution in [-0.2, 0) is 14.8 Å². The fraction of sp³-hybridized carbons (Fsp3) is 0.316. The monoisotopic (exact) mass is 379 g/mol. The number of carbonyl (C=O) groups excluding carboxylic acids is 1. The Morgan fingerprint density at radius 3 is 2.27 bits per heavy atom. The third kappa shape index (κ3) is 3.94. The molecule has 1 unspecified atom stereocenters. The quantitative estimate of drug-likeness (QED) is 0.719. The maximum atomic E-state index is 14.3. The van der Waals surface area contributed by atoms with E-state index < -0.39 is 32.7 Å². The second-order valence-corrected chi connectivity index (χ2v) is 8.22. The largest absolute Gasteiger partial charge is 0.465 e. The van der Waals surface area contributed by atoms with Crippen LogP contribution in [0.3, 0.4) is 0 Å². The van der Waals surface area contributed by atoms with Crippen LogP contribution in [0.1, 0.15) is 35.8 Å². The highest BCUT2D eigenvalue weighted by Gasteiger charge is 2.33. The van der Waals surface area contributed by atoms with E-state index in [0.717, 1.165) is 22.0 Å². The molecule has 26 heavy (non-hydrogen) atoms. The van der Waals surface area contributed by atoms with Gasteiger partial charge in [-0.2, -0.15) is 4.31 Å². The van der Waals surface area contributed by atoms with Crippen molar-refractivity contribution in [2.24, 2.45) is 5.92 Å². The van der Waals surface area contributed by atoms with Crippen LogP contribution < -0.4 is 0 Å². The number of ether oxygens (including phenoxy) is 1. The molecule has 0 heterocycles. The highest BCUT2D eigenvalue weighted by atomic mass is 32.2. The van der Waals surface area contributed by atoms with Crippen molar-refractivity contribution in [1.82, 2.24) is 4.31 Å². The minimum atomic E-state index is -4.18. The zero-order chi connectivity index (χ0) is 19.5. The maximum absolute atomic E-state index is 14.3. The summed E-state index contributed by atoms with van der Waals surface area (Å²) in [6, 6.07) is 11.8. The van der Waals surface area contributed by atoms with Gasteiger partial charge in [-0.25, -0.2) is 17.6 Å². The van der Waals surface area contributed by atoms with Crippen molar-refractivity contribution in [3.05, 3.63) is 65.5 Å². The number of sulfonamides is 1. The van der Waals surface area contributed by atoms with Crippen LogP contribution in [0.2, 0.25) is 0 Å². The molecule has 0 bridgehead atoms. The van der Waals surface area contributed by atoms with Gasteiger partial charge in [-0.15, -0.1) is 0 Å². The Labute approximate surface area is 153 Å². The Morgan fingerprint density at radius 1 is 1.12 bits per heavy atom. The average Bonchev–Trinajstić information content (AvgIpc) is 2.62. The first-order chi connectivity index (χ1) is 12.2. The zero-order valence-electron chi connectivity index (χ0n) is 15.1. The standard InChI is InChI=1S/C19H22FNO4S/c1-13(2)18(14-8-6-5-7-9-14)21(3)26(23,24)17-12-15(19(22)25-4)10-11-16(17)20/h5-13,18H,1-4H3. The van der Waals surface area contributed by atoms with Crippen molar-refractivity contribution < 1.29 is 22.3 Å². The lowest BCUT2D eigenvalue weighted by molar-refractivity contribution is 0.0600. The Hall–Kier alpha value is -2.25. The average molecular weight is 379 g/mol. The number of nitrogens with zero attached hydrogens (tertiary/aromatic N) is 1. The summed E-state index contributed by atoms with van der Waals surface area (Å²) in [6.45, 7) is 3.79. The first kappa shape index (κ1) is 20.1. The van der Waals surface area contributed by atoms with Gasteiger partial charge in [-0.1, -0.05) is 44.2 Å². The molecule has 2 aromatic carbocycles. The summed E-state index contributed by atoms with van der Waals surface area (Å²) < 4.78 is 46.2. The lowest BCUT2D eigenvalue weighted by Crippen LogP contribution is -2.34. The summed E-state index contributed by atoms with van der Waals surface area (Å²) in [4.78, 5) is 11.1. The van der Waals surface area contributed by atoms with Crippen LogP contribution in [0.4, 0.5) is 4.39 Å². The first-order valence-electron chi connectivity index (χ1n) is 8.11. The van der Waals surface area contributed by atoms with E-state index in [9.17, 15) is 17.6 Å². The Kier molecular flexibility index (Phi) is 6.15. The molecular weight excluding hydrogens is 357 g/mol. The second kappa shape index (κ2) is 7.97. The fourth-order valence-electron chi connectivity index (χ4n) is 2.92. The predicted molar refractivity (Wildman–Crippen MR) is 96.7 cm³/mol. The van der Waals surface area contributed by atoms with Crippen molar-refractivity contribution >= 4 is 16.0 Å². The lowest BCUT2D eigenvalue weighted by Gasteiger charge is -2.31. The van der Waals surface area contributed by atoms with Gasteiger partial charge in [0, 0.05) is 7.05 Å². The molecule has 0 radical (unpaired) electrons. The number of halogens is 1. The van der Waals surface area contributed by atoms with E-state index >= 15 is 0 Å². The van der Waals surface area contributed by atoms with Gasteiger partial charge < -0.3 is 4.74 Å². The van der Waals surface area contributed by atoms with E-state index in [2.05, 4.69) is 4.74 Å². The molecule has 5 nitrogen and oxygen atoms in total. The zero-order valence-corrected chi connectivity index (χ0v) is 16.0. The molecule has 140 valence electrons. The predicted octanol–water partition coefficient (Wildman–Crippen LogP) is 3.63. The summed E-state index contributed by atoms with van der Waals surface area (Å²) in [6.07, 6.45) is 0. The molecule has 0 aliphatic carbocycles. The van der Waals surface area contributed by atoms with Crippen molar-refractivity contribution in [2.45, 2.75) is 24.8 Å². The van der Waals surface area contributed by atoms with E-state index in [1.54, 1.807) is 0 Å². The minimum absolute atomic E-state index is 0.0262. The van der Waals surface area contributed by atoms with Gasteiger partial charge >= 0.3 is 5.97 Å². The van der Waals surface area contributed by atoms with E-state index in [4.69, 9.17) is 0 Å². The van der Waals surface area contributed by atoms with Crippen molar-refractivity contribution in [2.75, 3.05) is 14.2 Å². The first-order valence-corrected chi connectivity index (χ1v) is 9.55. The van der Waals surface area contributed by atoms with Crippen molar-refractivity contribution in [3.8, 4) is 0 Å². The van der Waals surface area contributed by atoms with Crippen molar-refractivity contribution in [1.29, 1.82) is 0 Å². The van der Waals surface area contributed by atoms with Gasteiger partial charge in [0.15, 0.2) is 0 Å². The number of benzene rings is 2. The molecule has 7 heteroatoms. The van der Waals surface area contributed by atoms with Gasteiger partial charge in [0.05, 0.1) is 18.7 Å². The minimum Gasteiger partial charge on any atom is -0.465 e. The van der Waals surface area contributed by atoms with E-state index in [-0.39, 0.29) is 11.5 Å². The summed E-state index contributed by atoms with van der Waals surface area (Å²) in [5.74, 6) is -1.70. The molecule has 0 saturated heterocycles. The van der Waals surface area contributed by atoms with Crippen LogP contribution in [0.15, 0.2) is 53.4 Å². The normalized spacial score (nSPS) is 13.0. The third-order valence-corrected chi connectivity index (χ3v) is 6.03. The second-order valence-electron chi connectivity index (χ2n) is 6.26. The molecule has 2 rings (SSSR count). The number of carbonyl (C=O) groups is 1. The number of methoxy groups -OCH3 is 1. The SMILES string of the molecule is COC(=O)c1ccc(F)c(S(=O)(=O)N(C)C(c2ccccc2)C(C)C)c1. The van der Waals surface area contributed by atoms with Crippen LogP contribution >= 0.6 is 0 Å². The molecule has 0 aliphatic heterocycles. The van der Waals surface area contributed by atoms with Crippen LogP contribution in [0.5, 0.6) is 0 Å². The van der Waals surface area contributed by atoms with E-state index in [1.165, 1.54) is 20.2 Å². The Morgan fingerprint density at radius 2 is 1.73 bits per heavy atom. The molecule has 0 amide bonds. The molecule has 0 fully saturated rings. The van der Waals surface area contributed by atoms with Gasteiger partial charge in [-0.05, 0) is 29.7 Å². The third-order valence-electron chi connectivity index (χ3n) is 4.17. The summed E-state index contributed by atoms with van der Waals surface area (Å²) in [7, 11) is -1.59.